The van der Waals surface area contributed by atoms with Crippen molar-refractivity contribution in [3.05, 3.63) is 33.8 Å². The minimum Gasteiger partial charge on any atom is -0.478 e. The fourth-order valence-electron chi connectivity index (χ4n) is 1.52. The van der Waals surface area contributed by atoms with E-state index in [1.807, 2.05) is 0 Å². The molecule has 1 unspecified atom stereocenters. The summed E-state index contributed by atoms with van der Waals surface area (Å²) >= 11 is 11.9. The molecule has 1 N–H and O–H groups in total. The maximum absolute atomic E-state index is 11.0. The highest BCUT2D eigenvalue weighted by atomic mass is 35.5. The molecular weight excluding hydrogens is 265 g/mol. The maximum Gasteiger partial charge on any atom is 0.351 e. The van der Waals surface area contributed by atoms with Gasteiger partial charge < -0.3 is 9.94 Å². The second kappa shape index (κ2) is 4.20. The minimum absolute atomic E-state index is 0.155. The van der Waals surface area contributed by atoms with Gasteiger partial charge in [0.05, 0.1) is 5.71 Å². The monoisotopic (exact) mass is 273 g/mol. The molecule has 0 amide bonds. The molecule has 17 heavy (non-hydrogen) atoms. The van der Waals surface area contributed by atoms with Crippen molar-refractivity contribution in [3.8, 4) is 0 Å². The quantitative estimate of drug-likeness (QED) is 0.901. The molecule has 1 aliphatic rings. The zero-order valence-electron chi connectivity index (χ0n) is 8.91. The van der Waals surface area contributed by atoms with E-state index in [1.54, 1.807) is 18.2 Å². The van der Waals surface area contributed by atoms with Crippen LogP contribution in [0.25, 0.3) is 0 Å². The summed E-state index contributed by atoms with van der Waals surface area (Å²) < 4.78 is 0. The van der Waals surface area contributed by atoms with Crippen LogP contribution in [-0.4, -0.2) is 22.4 Å². The number of hydrogen-bond donors (Lipinski definition) is 1. The molecule has 0 saturated carbocycles. The molecule has 90 valence electrons. The number of rotatable bonds is 2. The van der Waals surface area contributed by atoms with Crippen LogP contribution < -0.4 is 0 Å². The summed E-state index contributed by atoms with van der Waals surface area (Å²) in [6.07, 6.45) is 0.155. The Morgan fingerprint density at radius 1 is 1.53 bits per heavy atom. The van der Waals surface area contributed by atoms with Gasteiger partial charge in [0.25, 0.3) is 0 Å². The van der Waals surface area contributed by atoms with Crippen molar-refractivity contribution in [1.29, 1.82) is 0 Å². The summed E-state index contributed by atoms with van der Waals surface area (Å²) in [6, 6.07) is 4.93. The van der Waals surface area contributed by atoms with Crippen molar-refractivity contribution < 1.29 is 14.7 Å². The molecule has 1 aromatic rings. The molecule has 6 heteroatoms. The number of aliphatic carboxylic acids is 1. The van der Waals surface area contributed by atoms with Gasteiger partial charge in [0.1, 0.15) is 0 Å². The Balaban J connectivity index is 2.32. The zero-order valence-corrected chi connectivity index (χ0v) is 10.4. The third-order valence-electron chi connectivity index (χ3n) is 2.55. The Bertz CT molecular complexity index is 515. The van der Waals surface area contributed by atoms with Gasteiger partial charge in [-0.15, -0.1) is 0 Å². The van der Waals surface area contributed by atoms with E-state index in [0.29, 0.717) is 21.3 Å². The van der Waals surface area contributed by atoms with E-state index in [2.05, 4.69) is 5.16 Å². The van der Waals surface area contributed by atoms with Crippen LogP contribution in [-0.2, 0) is 9.63 Å². The second-order valence-electron chi connectivity index (χ2n) is 3.97. The van der Waals surface area contributed by atoms with E-state index >= 15 is 0 Å². The van der Waals surface area contributed by atoms with Crippen LogP contribution in [0.4, 0.5) is 0 Å². The summed E-state index contributed by atoms with van der Waals surface area (Å²) in [5, 5.41) is 13.8. The summed E-state index contributed by atoms with van der Waals surface area (Å²) in [5.41, 5.74) is -0.243. The van der Waals surface area contributed by atoms with Crippen molar-refractivity contribution in [1.82, 2.24) is 0 Å². The van der Waals surface area contributed by atoms with Crippen molar-refractivity contribution in [2.75, 3.05) is 0 Å². The van der Waals surface area contributed by atoms with Crippen LogP contribution in [0, 0.1) is 0 Å². The van der Waals surface area contributed by atoms with E-state index in [9.17, 15) is 4.79 Å². The number of carboxylic acid groups (broad SMARTS) is 1. The molecule has 0 bridgehead atoms. The van der Waals surface area contributed by atoms with Gasteiger partial charge >= 0.3 is 5.97 Å². The van der Waals surface area contributed by atoms with Crippen molar-refractivity contribution in [3.63, 3.8) is 0 Å². The fourth-order valence-corrected chi connectivity index (χ4v) is 1.92. The summed E-state index contributed by atoms with van der Waals surface area (Å²) in [4.78, 5) is 15.9. The van der Waals surface area contributed by atoms with Crippen LogP contribution in [0.1, 0.15) is 18.9 Å². The lowest BCUT2D eigenvalue weighted by Gasteiger charge is -2.14. The number of carbonyl (C=O) groups is 1. The van der Waals surface area contributed by atoms with E-state index in [1.165, 1.54) is 6.92 Å². The van der Waals surface area contributed by atoms with Crippen LogP contribution in [0.15, 0.2) is 23.4 Å². The highest BCUT2D eigenvalue weighted by Crippen LogP contribution is 2.30. The largest absolute Gasteiger partial charge is 0.478 e. The molecule has 1 atom stereocenters. The topological polar surface area (TPSA) is 58.9 Å². The molecule has 0 aromatic heterocycles. The van der Waals surface area contributed by atoms with E-state index in [-0.39, 0.29) is 6.42 Å². The van der Waals surface area contributed by atoms with Gasteiger partial charge in [-0.1, -0.05) is 28.4 Å². The van der Waals surface area contributed by atoms with E-state index < -0.39 is 11.6 Å². The lowest BCUT2D eigenvalue weighted by Crippen LogP contribution is -2.35. The number of nitrogens with zero attached hydrogens (tertiary/aromatic N) is 1. The van der Waals surface area contributed by atoms with Gasteiger partial charge in [-0.2, -0.15) is 0 Å². The molecule has 0 aliphatic carbocycles. The first-order chi connectivity index (χ1) is 7.92. The first-order valence-corrected chi connectivity index (χ1v) is 5.62. The normalized spacial score (nSPS) is 23.1. The first-order valence-electron chi connectivity index (χ1n) is 4.86. The molecule has 2 rings (SSSR count). The summed E-state index contributed by atoms with van der Waals surface area (Å²) in [7, 11) is 0. The fraction of sp³-hybridized carbons (Fsp3) is 0.273. The Hall–Kier alpha value is -1.26. The molecule has 4 nitrogen and oxygen atoms in total. The van der Waals surface area contributed by atoms with E-state index in [0.717, 1.165) is 0 Å². The Morgan fingerprint density at radius 3 is 2.82 bits per heavy atom. The third-order valence-corrected chi connectivity index (χ3v) is 3.12. The van der Waals surface area contributed by atoms with Gasteiger partial charge in [-0.05, 0) is 25.1 Å². The molecule has 0 fully saturated rings. The smallest absolute Gasteiger partial charge is 0.351 e. The minimum atomic E-state index is -1.33. The van der Waals surface area contributed by atoms with Crippen LogP contribution in [0.5, 0.6) is 0 Å². The predicted octanol–water partition coefficient (Wildman–Crippen LogP) is 2.96. The number of hydrogen-bond acceptors (Lipinski definition) is 3. The van der Waals surface area contributed by atoms with Gasteiger partial charge in [0.2, 0.25) is 5.60 Å². The second-order valence-corrected chi connectivity index (χ2v) is 4.81. The van der Waals surface area contributed by atoms with Crippen LogP contribution in [0.3, 0.4) is 0 Å². The Morgan fingerprint density at radius 2 is 2.24 bits per heavy atom. The molecular formula is C11H9Cl2NO3. The average molecular weight is 274 g/mol. The number of halogens is 2. The lowest BCUT2D eigenvalue weighted by atomic mass is 9.96. The molecule has 1 heterocycles. The average Bonchev–Trinajstić information content (AvgIpc) is 2.66. The van der Waals surface area contributed by atoms with Gasteiger partial charge in [-0.25, -0.2) is 4.79 Å². The summed E-state index contributed by atoms with van der Waals surface area (Å²) in [5.74, 6) is -1.06. The van der Waals surface area contributed by atoms with Crippen molar-refractivity contribution in [2.24, 2.45) is 5.16 Å². The number of benzene rings is 1. The Kier molecular flexibility index (Phi) is 3.02. The third kappa shape index (κ3) is 2.23. The van der Waals surface area contributed by atoms with Gasteiger partial charge in [-0.3, -0.25) is 0 Å². The van der Waals surface area contributed by atoms with Crippen LogP contribution >= 0.6 is 23.2 Å². The Labute approximate surface area is 108 Å². The predicted molar refractivity (Wildman–Crippen MR) is 64.7 cm³/mol. The number of oxime groups is 1. The zero-order chi connectivity index (χ0) is 12.6. The van der Waals surface area contributed by atoms with Gasteiger partial charge in [0, 0.05) is 22.0 Å². The first kappa shape index (κ1) is 12.2. The maximum atomic E-state index is 11.0. The SMILES string of the molecule is CC1(C(=O)O)CC(c2cc(Cl)ccc2Cl)=NO1. The lowest BCUT2D eigenvalue weighted by molar-refractivity contribution is -0.160. The van der Waals surface area contributed by atoms with Crippen molar-refractivity contribution >= 4 is 34.9 Å². The standard InChI is InChI=1S/C11H9Cl2NO3/c1-11(10(15)16)5-9(14-17-11)7-4-6(12)2-3-8(7)13/h2-4H,5H2,1H3,(H,15,16). The number of carboxylic acids is 1. The molecule has 0 saturated heterocycles. The molecule has 0 spiro atoms. The molecule has 1 aromatic carbocycles. The van der Waals surface area contributed by atoms with Gasteiger partial charge in [0.15, 0.2) is 0 Å². The molecule has 0 radical (unpaired) electrons. The highest BCUT2D eigenvalue weighted by Gasteiger charge is 2.42. The summed E-state index contributed by atoms with van der Waals surface area (Å²) in [6.45, 7) is 1.46. The van der Waals surface area contributed by atoms with Crippen molar-refractivity contribution in [2.45, 2.75) is 18.9 Å². The molecule has 1 aliphatic heterocycles. The van der Waals surface area contributed by atoms with E-state index in [4.69, 9.17) is 33.1 Å². The van der Waals surface area contributed by atoms with Crippen LogP contribution in [0.2, 0.25) is 10.0 Å². The highest BCUT2D eigenvalue weighted by molar-refractivity contribution is 6.36.